The zero-order valence-electron chi connectivity index (χ0n) is 11.5. The smallest absolute Gasteiger partial charge is 0.0672 e. The Morgan fingerprint density at radius 3 is 2.95 bits per heavy atom. The first-order valence-corrected chi connectivity index (χ1v) is 6.59. The summed E-state index contributed by atoms with van der Waals surface area (Å²) in [5.74, 6) is 0. The van der Waals surface area contributed by atoms with Gasteiger partial charge in [0.05, 0.1) is 23.1 Å². The minimum absolute atomic E-state index is 0.123. The van der Waals surface area contributed by atoms with E-state index in [9.17, 15) is 0 Å². The molecule has 0 radical (unpaired) electrons. The van der Waals surface area contributed by atoms with Crippen molar-refractivity contribution in [3.05, 3.63) is 18.3 Å². The lowest BCUT2D eigenvalue weighted by Crippen LogP contribution is -2.23. The number of H-pyrrole nitrogens is 1. The maximum absolute atomic E-state index is 8.90. The first kappa shape index (κ1) is 13.7. The first-order chi connectivity index (χ1) is 9.02. The Balaban J connectivity index is 2.06. The third-order valence-corrected chi connectivity index (χ3v) is 3.38. The molecule has 0 aliphatic rings. The summed E-state index contributed by atoms with van der Waals surface area (Å²) in [6.07, 6.45) is 3.56. The molecule has 0 aliphatic carbocycles. The lowest BCUT2D eigenvalue weighted by molar-refractivity contribution is 0.248. The van der Waals surface area contributed by atoms with E-state index in [0.717, 1.165) is 41.7 Å². The fourth-order valence-electron chi connectivity index (χ4n) is 2.14. The van der Waals surface area contributed by atoms with Gasteiger partial charge < -0.3 is 16.2 Å². The number of hydrogen-bond acceptors (Lipinski definition) is 4. The van der Waals surface area contributed by atoms with Gasteiger partial charge in [0.15, 0.2) is 0 Å². The molecular formula is C14H22N4O. The molecule has 1 heterocycles. The molecule has 0 fully saturated rings. The highest BCUT2D eigenvalue weighted by Gasteiger charge is 2.17. The summed E-state index contributed by atoms with van der Waals surface area (Å²) in [7, 11) is 0. The summed E-state index contributed by atoms with van der Waals surface area (Å²) >= 11 is 0. The number of nitrogens with zero attached hydrogens (tertiary/aromatic N) is 1. The van der Waals surface area contributed by atoms with Crippen molar-refractivity contribution in [2.75, 3.05) is 24.2 Å². The van der Waals surface area contributed by atoms with Crippen molar-refractivity contribution in [3.63, 3.8) is 0 Å². The van der Waals surface area contributed by atoms with Crippen LogP contribution in [0.15, 0.2) is 18.3 Å². The number of nitrogens with two attached hydrogens (primary N) is 1. The summed E-state index contributed by atoms with van der Waals surface area (Å²) in [6.45, 7) is 5.42. The molecule has 5 nitrogen and oxygen atoms in total. The molecule has 0 aliphatic heterocycles. The molecule has 19 heavy (non-hydrogen) atoms. The molecule has 5 N–H and O–H groups in total. The van der Waals surface area contributed by atoms with E-state index in [1.54, 1.807) is 6.20 Å². The lowest BCUT2D eigenvalue weighted by atomic mass is 9.88. The van der Waals surface area contributed by atoms with Crippen LogP contribution in [0.2, 0.25) is 0 Å². The second-order valence-electron chi connectivity index (χ2n) is 5.74. The summed E-state index contributed by atoms with van der Waals surface area (Å²) in [4.78, 5) is 0. The highest BCUT2D eigenvalue weighted by Crippen LogP contribution is 2.28. The van der Waals surface area contributed by atoms with Crippen LogP contribution in [0.25, 0.3) is 10.9 Å². The quantitative estimate of drug-likeness (QED) is 0.602. The molecule has 0 unspecified atom stereocenters. The van der Waals surface area contributed by atoms with Gasteiger partial charge in [0, 0.05) is 18.5 Å². The zero-order chi connectivity index (χ0) is 13.9. The highest BCUT2D eigenvalue weighted by atomic mass is 16.2. The molecular weight excluding hydrogens is 240 g/mol. The van der Waals surface area contributed by atoms with Crippen LogP contribution in [0, 0.1) is 5.41 Å². The number of rotatable bonds is 6. The van der Waals surface area contributed by atoms with Crippen molar-refractivity contribution < 1.29 is 5.11 Å². The maximum Gasteiger partial charge on any atom is 0.0672 e. The van der Waals surface area contributed by atoms with Gasteiger partial charge in [-0.2, -0.15) is 5.10 Å². The van der Waals surface area contributed by atoms with E-state index in [1.165, 1.54) is 0 Å². The van der Waals surface area contributed by atoms with Crippen LogP contribution < -0.4 is 11.1 Å². The van der Waals surface area contributed by atoms with E-state index in [-0.39, 0.29) is 12.0 Å². The predicted molar refractivity (Wildman–Crippen MR) is 79.1 cm³/mol. The molecule has 0 bridgehead atoms. The van der Waals surface area contributed by atoms with Crippen molar-refractivity contribution in [1.29, 1.82) is 0 Å². The van der Waals surface area contributed by atoms with E-state index in [0.29, 0.717) is 0 Å². The van der Waals surface area contributed by atoms with Gasteiger partial charge in [-0.1, -0.05) is 13.8 Å². The molecule has 5 heteroatoms. The van der Waals surface area contributed by atoms with Gasteiger partial charge in [-0.05, 0) is 30.4 Å². The number of hydrogen-bond donors (Lipinski definition) is 4. The van der Waals surface area contributed by atoms with E-state index in [4.69, 9.17) is 10.8 Å². The third-order valence-electron chi connectivity index (χ3n) is 3.38. The number of aliphatic hydroxyl groups excluding tert-OH is 1. The van der Waals surface area contributed by atoms with Gasteiger partial charge in [0.1, 0.15) is 0 Å². The van der Waals surface area contributed by atoms with Crippen LogP contribution in [0.1, 0.15) is 26.7 Å². The summed E-state index contributed by atoms with van der Waals surface area (Å²) in [6, 6.07) is 3.90. The van der Waals surface area contributed by atoms with E-state index < -0.39 is 0 Å². The Hall–Kier alpha value is -1.75. The molecule has 2 aromatic rings. The van der Waals surface area contributed by atoms with Crippen LogP contribution in [0.4, 0.5) is 11.4 Å². The second-order valence-corrected chi connectivity index (χ2v) is 5.74. The maximum atomic E-state index is 8.90. The molecule has 0 saturated carbocycles. The van der Waals surface area contributed by atoms with Crippen molar-refractivity contribution in [3.8, 4) is 0 Å². The number of aromatic nitrogens is 2. The van der Waals surface area contributed by atoms with Crippen LogP contribution >= 0.6 is 0 Å². The average Bonchev–Trinajstić information content (AvgIpc) is 2.80. The largest absolute Gasteiger partial charge is 0.397 e. The lowest BCUT2D eigenvalue weighted by Gasteiger charge is -2.25. The van der Waals surface area contributed by atoms with Gasteiger partial charge in [-0.15, -0.1) is 0 Å². The minimum Gasteiger partial charge on any atom is -0.397 e. The van der Waals surface area contributed by atoms with E-state index in [2.05, 4.69) is 29.4 Å². The van der Waals surface area contributed by atoms with E-state index in [1.807, 2.05) is 12.1 Å². The van der Waals surface area contributed by atoms with Crippen LogP contribution in [-0.4, -0.2) is 28.5 Å². The molecule has 1 aromatic heterocycles. The highest BCUT2D eigenvalue weighted by molar-refractivity contribution is 5.88. The molecule has 104 valence electrons. The average molecular weight is 262 g/mol. The van der Waals surface area contributed by atoms with Crippen molar-refractivity contribution in [2.24, 2.45) is 5.41 Å². The Labute approximate surface area is 113 Å². The summed E-state index contributed by atoms with van der Waals surface area (Å²) in [5, 5.41) is 20.2. The second kappa shape index (κ2) is 5.48. The summed E-state index contributed by atoms with van der Waals surface area (Å²) < 4.78 is 0. The molecule has 0 amide bonds. The molecule has 0 atom stereocenters. The Kier molecular flexibility index (Phi) is 3.95. The van der Waals surface area contributed by atoms with Gasteiger partial charge in [-0.25, -0.2) is 0 Å². The SMILES string of the molecule is CC(C)(CCCO)CNc1cc2[nH]ncc2cc1N. The normalized spacial score (nSPS) is 11.9. The number of nitrogen functional groups attached to an aromatic ring is 1. The fourth-order valence-corrected chi connectivity index (χ4v) is 2.14. The minimum atomic E-state index is 0.123. The molecule has 1 aromatic carbocycles. The van der Waals surface area contributed by atoms with Crippen LogP contribution in [-0.2, 0) is 0 Å². The number of anilines is 2. The number of fused-ring (bicyclic) bond motifs is 1. The number of aromatic amines is 1. The number of nitrogens with one attached hydrogen (secondary N) is 2. The number of aliphatic hydroxyl groups is 1. The van der Waals surface area contributed by atoms with Crippen LogP contribution in [0.3, 0.4) is 0 Å². The Bertz CT molecular complexity index is 547. The van der Waals surface area contributed by atoms with Gasteiger partial charge in [0.2, 0.25) is 0 Å². The summed E-state index contributed by atoms with van der Waals surface area (Å²) in [5.41, 5.74) is 8.78. The molecule has 2 rings (SSSR count). The van der Waals surface area contributed by atoms with Gasteiger partial charge in [-0.3, -0.25) is 5.10 Å². The zero-order valence-corrected chi connectivity index (χ0v) is 11.5. The van der Waals surface area contributed by atoms with Crippen molar-refractivity contribution in [2.45, 2.75) is 26.7 Å². The third kappa shape index (κ3) is 3.38. The van der Waals surface area contributed by atoms with Gasteiger partial charge >= 0.3 is 0 Å². The standard InChI is InChI=1S/C14H22N4O/c1-14(2,4-3-5-19)9-16-13-7-12-10(6-11(13)15)8-17-18-12/h6-8,16,19H,3-5,9,15H2,1-2H3,(H,17,18). The fraction of sp³-hybridized carbons (Fsp3) is 0.500. The molecule has 0 saturated heterocycles. The van der Waals surface area contributed by atoms with Crippen molar-refractivity contribution in [1.82, 2.24) is 10.2 Å². The number of benzene rings is 1. The predicted octanol–water partition coefficient (Wildman–Crippen LogP) is 2.36. The topological polar surface area (TPSA) is 87.0 Å². The van der Waals surface area contributed by atoms with E-state index >= 15 is 0 Å². The monoisotopic (exact) mass is 262 g/mol. The Morgan fingerprint density at radius 1 is 1.42 bits per heavy atom. The van der Waals surface area contributed by atoms with Crippen molar-refractivity contribution >= 4 is 22.3 Å². The van der Waals surface area contributed by atoms with Gasteiger partial charge in [0.25, 0.3) is 0 Å². The molecule has 0 spiro atoms. The van der Waals surface area contributed by atoms with Crippen LogP contribution in [0.5, 0.6) is 0 Å². The first-order valence-electron chi connectivity index (χ1n) is 6.59. The Morgan fingerprint density at radius 2 is 2.21 bits per heavy atom.